The van der Waals surface area contributed by atoms with E-state index in [1.54, 1.807) is 17.5 Å². The van der Waals surface area contributed by atoms with Crippen LogP contribution in [0.5, 0.6) is 0 Å². The van der Waals surface area contributed by atoms with Crippen LogP contribution in [0.2, 0.25) is 0 Å². The Morgan fingerprint density at radius 1 is 0.862 bits per heavy atom. The van der Waals surface area contributed by atoms with Crippen LogP contribution in [-0.4, -0.2) is 30.1 Å². The molecule has 0 unspecified atom stereocenters. The molecule has 6 rings (SSSR count). The van der Waals surface area contributed by atoms with Gasteiger partial charge in [0.15, 0.2) is 5.65 Å². The van der Waals surface area contributed by atoms with E-state index in [2.05, 4.69) is 53.7 Å². The molecule has 0 aliphatic carbocycles. The first-order chi connectivity index (χ1) is 14.4. The topological polar surface area (TPSA) is 83.1 Å². The number of H-pyrrole nitrogens is 2. The van der Waals surface area contributed by atoms with E-state index in [1.165, 1.54) is 0 Å². The van der Waals surface area contributed by atoms with Gasteiger partial charge in [-0.25, -0.2) is 4.98 Å². The molecule has 0 atom stereocenters. The molecule has 6 aromatic heterocycles. The maximum Gasteiger partial charge on any atom is 0.181 e. The van der Waals surface area contributed by atoms with E-state index in [9.17, 15) is 0 Å². The zero-order valence-corrected chi connectivity index (χ0v) is 15.9. The number of aromatic amines is 2. The summed E-state index contributed by atoms with van der Waals surface area (Å²) in [6, 6.07) is 14.3. The van der Waals surface area contributed by atoms with Crippen LogP contribution in [-0.2, 0) is 0 Å². The minimum absolute atomic E-state index is 0.683. The summed E-state index contributed by atoms with van der Waals surface area (Å²) in [7, 11) is 0. The summed E-state index contributed by atoms with van der Waals surface area (Å²) in [4.78, 5) is 18.0. The van der Waals surface area contributed by atoms with Crippen LogP contribution in [0, 0.1) is 0 Å². The van der Waals surface area contributed by atoms with E-state index >= 15 is 0 Å². The molecule has 29 heavy (non-hydrogen) atoms. The molecule has 0 fully saturated rings. The van der Waals surface area contributed by atoms with E-state index in [4.69, 9.17) is 0 Å². The third-order valence-corrected chi connectivity index (χ3v) is 5.85. The number of hydrogen-bond acceptors (Lipinski definition) is 5. The van der Waals surface area contributed by atoms with Gasteiger partial charge in [0.1, 0.15) is 0 Å². The summed E-state index contributed by atoms with van der Waals surface area (Å²) < 4.78 is 0. The maximum absolute atomic E-state index is 4.61. The molecule has 0 saturated heterocycles. The highest BCUT2D eigenvalue weighted by atomic mass is 32.1. The molecular formula is C22H14N6S. The van der Waals surface area contributed by atoms with Crippen LogP contribution in [0.15, 0.2) is 72.6 Å². The van der Waals surface area contributed by atoms with E-state index in [1.807, 2.05) is 42.9 Å². The lowest BCUT2D eigenvalue weighted by molar-refractivity contribution is 1.10. The molecule has 0 aromatic carbocycles. The van der Waals surface area contributed by atoms with E-state index < -0.39 is 0 Å². The lowest BCUT2D eigenvalue weighted by Gasteiger charge is -2.01. The Balaban J connectivity index is 1.53. The average molecular weight is 394 g/mol. The van der Waals surface area contributed by atoms with Crippen molar-refractivity contribution in [3.8, 4) is 33.1 Å². The van der Waals surface area contributed by atoms with E-state index in [-0.39, 0.29) is 0 Å². The Hall–Kier alpha value is -3.84. The van der Waals surface area contributed by atoms with E-state index in [0.29, 0.717) is 5.65 Å². The first-order valence-electron chi connectivity index (χ1n) is 9.13. The van der Waals surface area contributed by atoms with Crippen molar-refractivity contribution in [1.29, 1.82) is 0 Å². The van der Waals surface area contributed by atoms with Gasteiger partial charge in [-0.3, -0.25) is 15.1 Å². The first-order valence-corrected chi connectivity index (χ1v) is 10.0. The van der Waals surface area contributed by atoms with Crippen LogP contribution in [0.4, 0.5) is 0 Å². The van der Waals surface area contributed by atoms with Crippen molar-refractivity contribution in [2.45, 2.75) is 0 Å². The fourth-order valence-electron chi connectivity index (χ4n) is 3.59. The number of pyridine rings is 3. The number of aromatic nitrogens is 6. The largest absolute Gasteiger partial charge is 0.353 e. The van der Waals surface area contributed by atoms with Crippen molar-refractivity contribution in [2.75, 3.05) is 0 Å². The van der Waals surface area contributed by atoms with Gasteiger partial charge in [0.05, 0.1) is 22.0 Å². The van der Waals surface area contributed by atoms with Crippen LogP contribution < -0.4 is 0 Å². The quantitative estimate of drug-likeness (QED) is 0.427. The minimum atomic E-state index is 0.683. The summed E-state index contributed by atoms with van der Waals surface area (Å²) in [6.45, 7) is 0. The number of fused-ring (bicyclic) bond motifs is 2. The Kier molecular flexibility index (Phi) is 3.54. The van der Waals surface area contributed by atoms with Gasteiger partial charge in [-0.15, -0.1) is 11.3 Å². The monoisotopic (exact) mass is 394 g/mol. The van der Waals surface area contributed by atoms with Gasteiger partial charge in [0.25, 0.3) is 0 Å². The summed E-state index contributed by atoms with van der Waals surface area (Å²) in [6.07, 6.45) is 7.27. The Morgan fingerprint density at radius 3 is 2.72 bits per heavy atom. The van der Waals surface area contributed by atoms with Gasteiger partial charge >= 0.3 is 0 Å². The standard InChI is InChI=1S/C22H14N6S/c1-3-13(11-23-6-1)14-9-16-20(27-28-22(16)25-12-14)18-10-15-17(26-18)5-7-24-21(15)19-4-2-8-29-19/h1-12,26H,(H,25,27,28). The molecule has 6 aromatic rings. The summed E-state index contributed by atoms with van der Waals surface area (Å²) in [5.41, 5.74) is 6.60. The number of hydrogen-bond donors (Lipinski definition) is 2. The highest BCUT2D eigenvalue weighted by Gasteiger charge is 2.15. The van der Waals surface area contributed by atoms with Gasteiger partial charge < -0.3 is 4.98 Å². The summed E-state index contributed by atoms with van der Waals surface area (Å²) in [5, 5.41) is 11.6. The van der Waals surface area contributed by atoms with Crippen LogP contribution in [0.3, 0.4) is 0 Å². The van der Waals surface area contributed by atoms with Gasteiger partial charge in [-0.1, -0.05) is 12.1 Å². The van der Waals surface area contributed by atoms with Crippen molar-refractivity contribution < 1.29 is 0 Å². The van der Waals surface area contributed by atoms with Crippen LogP contribution in [0.1, 0.15) is 0 Å². The lowest BCUT2D eigenvalue weighted by atomic mass is 10.1. The number of rotatable bonds is 3. The van der Waals surface area contributed by atoms with E-state index in [0.717, 1.165) is 49.4 Å². The van der Waals surface area contributed by atoms with Crippen molar-refractivity contribution in [1.82, 2.24) is 30.1 Å². The summed E-state index contributed by atoms with van der Waals surface area (Å²) in [5.74, 6) is 0. The summed E-state index contributed by atoms with van der Waals surface area (Å²) >= 11 is 1.69. The fourth-order valence-corrected chi connectivity index (χ4v) is 4.33. The zero-order valence-electron chi connectivity index (χ0n) is 15.1. The molecule has 0 aliphatic heterocycles. The predicted octanol–water partition coefficient (Wildman–Crippen LogP) is 5.29. The lowest BCUT2D eigenvalue weighted by Crippen LogP contribution is -1.83. The first kappa shape index (κ1) is 16.1. The third kappa shape index (κ3) is 2.63. The maximum atomic E-state index is 4.61. The molecule has 6 nitrogen and oxygen atoms in total. The second-order valence-electron chi connectivity index (χ2n) is 6.72. The molecule has 0 radical (unpaired) electrons. The number of nitrogens with zero attached hydrogens (tertiary/aromatic N) is 4. The fraction of sp³-hybridized carbons (Fsp3) is 0. The number of thiophene rings is 1. The molecule has 0 saturated carbocycles. The molecule has 0 amide bonds. The van der Waals surface area contributed by atoms with Gasteiger partial charge in [-0.05, 0) is 35.7 Å². The molecular weight excluding hydrogens is 380 g/mol. The normalized spacial score (nSPS) is 11.4. The Morgan fingerprint density at radius 2 is 1.86 bits per heavy atom. The minimum Gasteiger partial charge on any atom is -0.353 e. The molecule has 7 heteroatoms. The SMILES string of the molecule is c1cncc(-c2cnc3n[nH]c(-c4cc5c(-c6cccs6)nccc5[nH]4)c3c2)c1. The highest BCUT2D eigenvalue weighted by Crippen LogP contribution is 2.34. The van der Waals surface area contributed by atoms with Gasteiger partial charge in [-0.2, -0.15) is 5.10 Å². The van der Waals surface area contributed by atoms with Gasteiger partial charge in [0.2, 0.25) is 0 Å². The third-order valence-electron chi connectivity index (χ3n) is 4.98. The smallest absolute Gasteiger partial charge is 0.181 e. The zero-order chi connectivity index (χ0) is 19.2. The molecule has 2 N–H and O–H groups in total. The van der Waals surface area contributed by atoms with Crippen molar-refractivity contribution in [3.05, 3.63) is 72.6 Å². The van der Waals surface area contributed by atoms with Gasteiger partial charge in [0, 0.05) is 52.2 Å². The highest BCUT2D eigenvalue weighted by molar-refractivity contribution is 7.13. The second kappa shape index (κ2) is 6.35. The average Bonchev–Trinajstić information content (AvgIpc) is 3.52. The second-order valence-corrected chi connectivity index (χ2v) is 7.66. The number of nitrogens with one attached hydrogen (secondary N) is 2. The van der Waals surface area contributed by atoms with Crippen LogP contribution in [0.25, 0.3) is 55.0 Å². The molecule has 0 aliphatic rings. The molecule has 6 heterocycles. The van der Waals surface area contributed by atoms with Crippen molar-refractivity contribution in [3.63, 3.8) is 0 Å². The molecule has 0 bridgehead atoms. The van der Waals surface area contributed by atoms with Crippen LogP contribution >= 0.6 is 11.3 Å². The van der Waals surface area contributed by atoms with Crippen molar-refractivity contribution >= 4 is 33.3 Å². The van der Waals surface area contributed by atoms with Crippen molar-refractivity contribution in [2.24, 2.45) is 0 Å². The Bertz CT molecular complexity index is 1450. The molecule has 138 valence electrons. The predicted molar refractivity (Wildman–Crippen MR) is 116 cm³/mol. The Labute approximate surface area is 169 Å². The molecule has 0 spiro atoms.